The number of hydrogen-bond donors (Lipinski definition) is 1. The lowest BCUT2D eigenvalue weighted by Gasteiger charge is -2.74. The molecule has 0 aromatic carbocycles. The number of aliphatic hydroxyl groups is 1. The van der Waals surface area contributed by atoms with E-state index in [0.29, 0.717) is 30.5 Å². The summed E-state index contributed by atoms with van der Waals surface area (Å²) in [6.07, 6.45) is 8.56. The van der Waals surface area contributed by atoms with Crippen molar-refractivity contribution in [3.8, 4) is 0 Å². The summed E-state index contributed by atoms with van der Waals surface area (Å²) in [4.78, 5) is 26.6. The van der Waals surface area contributed by atoms with Gasteiger partial charge in [-0.3, -0.25) is 9.59 Å². The van der Waals surface area contributed by atoms with E-state index in [-0.39, 0.29) is 44.4 Å². The molecule has 0 aromatic rings. The Labute approximate surface area is 206 Å². The van der Waals surface area contributed by atoms with E-state index in [1.165, 1.54) is 0 Å². The van der Waals surface area contributed by atoms with Crippen LogP contribution in [0.4, 0.5) is 0 Å². The number of aliphatic hydroxyl groups excluding tert-OH is 1. The number of hydrogen-bond acceptors (Lipinski definition) is 4. The average molecular weight is 471 g/mol. The van der Waals surface area contributed by atoms with Gasteiger partial charge < -0.3 is 9.84 Å². The highest BCUT2D eigenvalue weighted by atomic mass is 16.6. The number of fused-ring (bicyclic) bond motifs is 4. The van der Waals surface area contributed by atoms with Gasteiger partial charge in [0, 0.05) is 23.2 Å². The predicted octanol–water partition coefficient (Wildman–Crippen LogP) is 6.09. The molecule has 6 fully saturated rings. The van der Waals surface area contributed by atoms with Crippen molar-refractivity contribution in [3.05, 3.63) is 0 Å². The number of ketones is 1. The minimum absolute atomic E-state index is 0.0119. The number of carbonyl (C=O) groups is 2. The Balaban J connectivity index is 1.50. The van der Waals surface area contributed by atoms with Crippen LogP contribution in [0.15, 0.2) is 0 Å². The van der Waals surface area contributed by atoms with Crippen LogP contribution in [0.5, 0.6) is 0 Å². The van der Waals surface area contributed by atoms with Crippen molar-refractivity contribution in [1.29, 1.82) is 0 Å². The fourth-order valence-corrected chi connectivity index (χ4v) is 11.6. The minimum atomic E-state index is -0.769. The largest absolute Gasteiger partial charge is 0.455 e. The monoisotopic (exact) mass is 470 g/mol. The molecule has 1 N–H and O–H groups in total. The number of rotatable bonds is 0. The molecule has 34 heavy (non-hydrogen) atoms. The van der Waals surface area contributed by atoms with Crippen molar-refractivity contribution in [2.24, 2.45) is 50.2 Å². The van der Waals surface area contributed by atoms with Crippen LogP contribution in [0.1, 0.15) is 113 Å². The zero-order valence-electron chi connectivity index (χ0n) is 22.6. The van der Waals surface area contributed by atoms with Crippen molar-refractivity contribution in [2.45, 2.75) is 124 Å². The summed E-state index contributed by atoms with van der Waals surface area (Å²) in [5, 5.41) is 12.2. The van der Waals surface area contributed by atoms with E-state index in [0.717, 1.165) is 51.4 Å². The molecule has 5 aliphatic carbocycles. The first-order valence-corrected chi connectivity index (χ1v) is 14.1. The van der Waals surface area contributed by atoms with E-state index < -0.39 is 11.7 Å². The molecule has 190 valence electrons. The predicted molar refractivity (Wildman–Crippen MR) is 131 cm³/mol. The lowest BCUT2D eigenvalue weighted by atomic mass is 9.30. The maximum Gasteiger partial charge on any atom is 0.313 e. The minimum Gasteiger partial charge on any atom is -0.455 e. The first-order valence-electron chi connectivity index (χ1n) is 14.1. The molecule has 9 atom stereocenters. The lowest BCUT2D eigenvalue weighted by molar-refractivity contribution is -0.311. The molecule has 4 heteroatoms. The normalized spacial score (nSPS) is 57.1. The van der Waals surface area contributed by atoms with Gasteiger partial charge in [0.1, 0.15) is 11.4 Å². The first kappa shape index (κ1) is 23.5. The zero-order valence-corrected chi connectivity index (χ0v) is 22.6. The van der Waals surface area contributed by atoms with Crippen LogP contribution in [0, 0.1) is 50.2 Å². The van der Waals surface area contributed by atoms with Gasteiger partial charge in [-0.1, -0.05) is 48.5 Å². The van der Waals surface area contributed by atoms with Crippen LogP contribution in [0.2, 0.25) is 0 Å². The second kappa shape index (κ2) is 6.32. The van der Waals surface area contributed by atoms with Crippen molar-refractivity contribution < 1.29 is 19.4 Å². The summed E-state index contributed by atoms with van der Waals surface area (Å²) in [7, 11) is 0. The molecule has 2 bridgehead atoms. The zero-order chi connectivity index (χ0) is 24.7. The van der Waals surface area contributed by atoms with Gasteiger partial charge in [0.15, 0.2) is 0 Å². The maximum atomic E-state index is 13.7. The topological polar surface area (TPSA) is 63.6 Å². The Bertz CT molecular complexity index is 967. The molecule has 1 saturated heterocycles. The Hall–Kier alpha value is -0.900. The molecule has 0 amide bonds. The molecule has 1 spiro atoms. The van der Waals surface area contributed by atoms with E-state index in [4.69, 9.17) is 4.74 Å². The van der Waals surface area contributed by atoms with Gasteiger partial charge in [0.05, 0.1) is 11.5 Å². The molecule has 5 saturated carbocycles. The molecule has 1 heterocycles. The number of carbonyl (C=O) groups excluding carboxylic acids is 2. The van der Waals surface area contributed by atoms with Gasteiger partial charge in [-0.05, 0) is 85.9 Å². The summed E-state index contributed by atoms with van der Waals surface area (Å²) in [5.41, 5.74) is -1.54. The molecule has 6 aliphatic rings. The molecule has 0 aromatic heterocycles. The van der Waals surface area contributed by atoms with Gasteiger partial charge in [0.25, 0.3) is 0 Å². The van der Waals surface area contributed by atoms with Crippen LogP contribution >= 0.6 is 0 Å². The van der Waals surface area contributed by atoms with Gasteiger partial charge in [0.2, 0.25) is 0 Å². The van der Waals surface area contributed by atoms with E-state index in [2.05, 4.69) is 48.5 Å². The van der Waals surface area contributed by atoms with Crippen LogP contribution in [0.3, 0.4) is 0 Å². The summed E-state index contributed by atoms with van der Waals surface area (Å²) >= 11 is 0. The third-order valence-electron chi connectivity index (χ3n) is 13.8. The lowest BCUT2D eigenvalue weighted by Crippen LogP contribution is -2.76. The van der Waals surface area contributed by atoms with Crippen molar-refractivity contribution in [2.75, 3.05) is 0 Å². The van der Waals surface area contributed by atoms with Crippen molar-refractivity contribution >= 4 is 11.8 Å². The smallest absolute Gasteiger partial charge is 0.313 e. The molecular formula is C30H46O4. The number of ether oxygens (including phenoxy) is 1. The highest BCUT2D eigenvalue weighted by Crippen LogP contribution is 2.80. The molecule has 0 unspecified atom stereocenters. The first-order chi connectivity index (χ1) is 15.6. The standard InChI is InChI=1S/C30H46O4/c1-24(2)12-14-29-15-13-28(7)27(6)11-8-18-25(3,4)21(31)9-10-26(18,5)19(27)16-22(32)30(28,20(29)17-24)34-23(29)33/h18-20,22,32H,8-17H2,1-7H3/t18-,19+,20+,22+,26-,27+,28-,29-,30+/m0/s1. The summed E-state index contributed by atoms with van der Waals surface area (Å²) in [6.45, 7) is 16.3. The Morgan fingerprint density at radius 2 is 1.50 bits per heavy atom. The highest BCUT2D eigenvalue weighted by Gasteiger charge is 2.83. The van der Waals surface area contributed by atoms with Gasteiger partial charge in [-0.2, -0.15) is 0 Å². The molecule has 1 aliphatic heterocycles. The third kappa shape index (κ3) is 2.28. The second-order valence-electron chi connectivity index (χ2n) is 15.6. The van der Waals surface area contributed by atoms with Crippen LogP contribution < -0.4 is 0 Å². The van der Waals surface area contributed by atoms with E-state index in [1.807, 2.05) is 0 Å². The van der Waals surface area contributed by atoms with Crippen LogP contribution in [-0.2, 0) is 14.3 Å². The van der Waals surface area contributed by atoms with Crippen LogP contribution in [0.25, 0.3) is 0 Å². The third-order valence-corrected chi connectivity index (χ3v) is 13.8. The van der Waals surface area contributed by atoms with Gasteiger partial charge >= 0.3 is 5.97 Å². The number of esters is 1. The summed E-state index contributed by atoms with van der Waals surface area (Å²) in [6, 6.07) is 0. The van der Waals surface area contributed by atoms with E-state index in [9.17, 15) is 14.7 Å². The molecule has 6 rings (SSSR count). The average Bonchev–Trinajstić information content (AvgIpc) is 2.93. The highest BCUT2D eigenvalue weighted by molar-refractivity contribution is 5.85. The quantitative estimate of drug-likeness (QED) is 0.435. The van der Waals surface area contributed by atoms with Gasteiger partial charge in [-0.15, -0.1) is 0 Å². The SMILES string of the molecule is CC1(C)CC[C@@]23CC[C@]4(C)[C@](OC2=O)([C@H](O)C[C@@H]2[C@@]5(C)CCC(=O)C(C)(C)[C@@H]5CC[C@]24C)[C@@H]3C1. The van der Waals surface area contributed by atoms with Gasteiger partial charge in [-0.25, -0.2) is 0 Å². The molecule has 4 nitrogen and oxygen atoms in total. The fraction of sp³-hybridized carbons (Fsp3) is 0.933. The summed E-state index contributed by atoms with van der Waals surface area (Å²) in [5.74, 6) is 1.20. The summed E-state index contributed by atoms with van der Waals surface area (Å²) < 4.78 is 6.62. The van der Waals surface area contributed by atoms with Crippen molar-refractivity contribution in [3.63, 3.8) is 0 Å². The Kier molecular flexibility index (Phi) is 4.37. The molecular weight excluding hydrogens is 424 g/mol. The Morgan fingerprint density at radius 1 is 0.824 bits per heavy atom. The molecule has 0 radical (unpaired) electrons. The maximum absolute atomic E-state index is 13.7. The van der Waals surface area contributed by atoms with Crippen LogP contribution in [-0.4, -0.2) is 28.6 Å². The van der Waals surface area contributed by atoms with E-state index >= 15 is 0 Å². The second-order valence-corrected chi connectivity index (χ2v) is 15.6. The Morgan fingerprint density at radius 3 is 2.21 bits per heavy atom. The fourth-order valence-electron chi connectivity index (χ4n) is 11.6. The van der Waals surface area contributed by atoms with E-state index in [1.54, 1.807) is 0 Å². The van der Waals surface area contributed by atoms with Crippen molar-refractivity contribution in [1.82, 2.24) is 0 Å². The number of Topliss-reactive ketones (excluding diaryl/α,β-unsaturated/α-hetero) is 1.